The SMILES string of the molecule is Cn1ncc(-c2ccc3c(=O)[nH]nc(CN)c3c2)c1OCc1ccccc1. The Hall–Kier alpha value is -3.45. The molecule has 7 heteroatoms. The molecule has 27 heavy (non-hydrogen) atoms. The number of rotatable bonds is 5. The monoisotopic (exact) mass is 361 g/mol. The Labute approximate surface area is 155 Å². The second kappa shape index (κ2) is 7.05. The second-order valence-electron chi connectivity index (χ2n) is 6.23. The highest BCUT2D eigenvalue weighted by molar-refractivity contribution is 5.88. The highest BCUT2D eigenvalue weighted by Gasteiger charge is 2.15. The zero-order valence-corrected chi connectivity index (χ0v) is 14.8. The van der Waals surface area contributed by atoms with Gasteiger partial charge in [0.1, 0.15) is 6.61 Å². The third kappa shape index (κ3) is 3.20. The molecule has 0 amide bonds. The highest BCUT2D eigenvalue weighted by atomic mass is 16.5. The zero-order valence-electron chi connectivity index (χ0n) is 14.8. The van der Waals surface area contributed by atoms with Crippen molar-refractivity contribution < 1.29 is 4.74 Å². The molecule has 0 spiro atoms. The van der Waals surface area contributed by atoms with Gasteiger partial charge in [-0.2, -0.15) is 10.2 Å². The van der Waals surface area contributed by atoms with E-state index in [0.717, 1.165) is 22.1 Å². The molecule has 2 heterocycles. The molecule has 0 bridgehead atoms. The lowest BCUT2D eigenvalue weighted by Crippen LogP contribution is -2.13. The van der Waals surface area contributed by atoms with Crippen molar-refractivity contribution in [3.05, 3.63) is 76.3 Å². The Kier molecular flexibility index (Phi) is 4.43. The van der Waals surface area contributed by atoms with E-state index < -0.39 is 0 Å². The number of nitrogens with one attached hydrogen (secondary N) is 1. The molecule has 3 N–H and O–H groups in total. The predicted molar refractivity (Wildman–Crippen MR) is 103 cm³/mol. The Bertz CT molecular complexity index is 1150. The van der Waals surface area contributed by atoms with Gasteiger partial charge in [-0.15, -0.1) is 0 Å². The largest absolute Gasteiger partial charge is 0.473 e. The van der Waals surface area contributed by atoms with Gasteiger partial charge in [-0.3, -0.25) is 4.79 Å². The van der Waals surface area contributed by atoms with Gasteiger partial charge in [0, 0.05) is 19.0 Å². The smallest absolute Gasteiger partial charge is 0.272 e. The van der Waals surface area contributed by atoms with Crippen LogP contribution >= 0.6 is 0 Å². The fourth-order valence-corrected chi connectivity index (χ4v) is 3.06. The molecule has 4 rings (SSSR count). The summed E-state index contributed by atoms with van der Waals surface area (Å²) in [7, 11) is 1.84. The van der Waals surface area contributed by atoms with Crippen LogP contribution in [0.3, 0.4) is 0 Å². The molecule has 2 aromatic heterocycles. The molecular weight excluding hydrogens is 342 g/mol. The number of H-pyrrole nitrogens is 1. The first-order valence-corrected chi connectivity index (χ1v) is 8.58. The van der Waals surface area contributed by atoms with Crippen molar-refractivity contribution in [2.45, 2.75) is 13.2 Å². The summed E-state index contributed by atoms with van der Waals surface area (Å²) in [5.41, 5.74) is 8.99. The first-order chi connectivity index (χ1) is 13.2. The Morgan fingerprint density at radius 2 is 1.96 bits per heavy atom. The van der Waals surface area contributed by atoms with Crippen LogP contribution in [-0.4, -0.2) is 20.0 Å². The lowest BCUT2D eigenvalue weighted by molar-refractivity contribution is 0.280. The number of nitrogens with zero attached hydrogens (tertiary/aromatic N) is 3. The maximum Gasteiger partial charge on any atom is 0.272 e. The normalized spacial score (nSPS) is 11.0. The maximum atomic E-state index is 12.0. The maximum absolute atomic E-state index is 12.0. The number of hydrogen-bond acceptors (Lipinski definition) is 5. The van der Waals surface area contributed by atoms with Gasteiger partial charge in [0.25, 0.3) is 5.56 Å². The Balaban J connectivity index is 1.75. The van der Waals surface area contributed by atoms with Gasteiger partial charge in [-0.1, -0.05) is 36.4 Å². The minimum absolute atomic E-state index is 0.236. The zero-order chi connectivity index (χ0) is 18.8. The van der Waals surface area contributed by atoms with Crippen LogP contribution in [0.25, 0.3) is 21.9 Å². The summed E-state index contributed by atoms with van der Waals surface area (Å²) in [6.45, 7) is 0.678. The van der Waals surface area contributed by atoms with Gasteiger partial charge >= 0.3 is 0 Å². The van der Waals surface area contributed by atoms with Crippen LogP contribution in [0.4, 0.5) is 0 Å². The summed E-state index contributed by atoms with van der Waals surface area (Å²) in [5.74, 6) is 0.658. The van der Waals surface area contributed by atoms with Crippen molar-refractivity contribution in [1.29, 1.82) is 0 Å². The van der Waals surface area contributed by atoms with Crippen LogP contribution in [0.15, 0.2) is 59.5 Å². The van der Waals surface area contributed by atoms with Crippen LogP contribution in [-0.2, 0) is 20.2 Å². The molecule has 0 aliphatic heterocycles. The third-order valence-corrected chi connectivity index (χ3v) is 4.47. The molecule has 0 aliphatic carbocycles. The number of fused-ring (bicyclic) bond motifs is 1. The van der Waals surface area contributed by atoms with Crippen molar-refractivity contribution in [2.24, 2.45) is 12.8 Å². The van der Waals surface area contributed by atoms with E-state index in [0.29, 0.717) is 23.6 Å². The fraction of sp³-hybridized carbons (Fsp3) is 0.150. The number of nitrogens with two attached hydrogens (primary N) is 1. The number of ether oxygens (including phenoxy) is 1. The van der Waals surface area contributed by atoms with Crippen molar-refractivity contribution in [1.82, 2.24) is 20.0 Å². The number of benzene rings is 2. The van der Waals surface area contributed by atoms with E-state index in [2.05, 4.69) is 15.3 Å². The van der Waals surface area contributed by atoms with Crippen LogP contribution in [0.2, 0.25) is 0 Å². The summed E-state index contributed by atoms with van der Waals surface area (Å²) in [6, 6.07) is 15.5. The topological polar surface area (TPSA) is 98.8 Å². The van der Waals surface area contributed by atoms with Crippen LogP contribution in [0, 0.1) is 0 Å². The van der Waals surface area contributed by atoms with Gasteiger partial charge in [-0.05, 0) is 23.3 Å². The van der Waals surface area contributed by atoms with Crippen LogP contribution < -0.4 is 16.0 Å². The predicted octanol–water partition coefficient (Wildman–Crippen LogP) is 2.36. The Morgan fingerprint density at radius 1 is 1.15 bits per heavy atom. The number of aryl methyl sites for hydroxylation is 1. The summed E-state index contributed by atoms with van der Waals surface area (Å²) < 4.78 is 7.73. The van der Waals surface area contributed by atoms with E-state index in [-0.39, 0.29) is 12.1 Å². The fourth-order valence-electron chi connectivity index (χ4n) is 3.06. The average Bonchev–Trinajstić information content (AvgIpc) is 3.08. The average molecular weight is 361 g/mol. The quantitative estimate of drug-likeness (QED) is 0.568. The molecule has 136 valence electrons. The van der Waals surface area contributed by atoms with Gasteiger partial charge in [0.05, 0.1) is 22.8 Å². The third-order valence-electron chi connectivity index (χ3n) is 4.47. The first kappa shape index (κ1) is 17.0. The molecule has 0 aliphatic rings. The van der Waals surface area contributed by atoms with Crippen molar-refractivity contribution >= 4 is 10.8 Å². The minimum Gasteiger partial charge on any atom is -0.473 e. The molecule has 0 saturated carbocycles. The first-order valence-electron chi connectivity index (χ1n) is 8.58. The number of aromatic amines is 1. The molecule has 0 radical (unpaired) electrons. The lowest BCUT2D eigenvalue weighted by atomic mass is 10.0. The van der Waals surface area contributed by atoms with E-state index in [1.807, 2.05) is 49.5 Å². The van der Waals surface area contributed by atoms with Crippen LogP contribution in [0.1, 0.15) is 11.3 Å². The van der Waals surface area contributed by atoms with Gasteiger partial charge < -0.3 is 10.5 Å². The Morgan fingerprint density at radius 3 is 2.74 bits per heavy atom. The van der Waals surface area contributed by atoms with Gasteiger partial charge in [0.2, 0.25) is 5.88 Å². The van der Waals surface area contributed by atoms with Crippen molar-refractivity contribution in [3.63, 3.8) is 0 Å². The summed E-state index contributed by atoms with van der Waals surface area (Å²) in [4.78, 5) is 12.0. The van der Waals surface area contributed by atoms with Gasteiger partial charge in [0.15, 0.2) is 0 Å². The number of aromatic nitrogens is 4. The van der Waals surface area contributed by atoms with Crippen molar-refractivity contribution in [3.8, 4) is 17.0 Å². The van der Waals surface area contributed by atoms with E-state index in [9.17, 15) is 4.79 Å². The van der Waals surface area contributed by atoms with E-state index in [1.165, 1.54) is 0 Å². The molecule has 7 nitrogen and oxygen atoms in total. The summed E-state index contributed by atoms with van der Waals surface area (Å²) in [5, 5.41) is 12.2. The summed E-state index contributed by atoms with van der Waals surface area (Å²) >= 11 is 0. The molecular formula is C20H19N5O2. The molecule has 0 saturated heterocycles. The lowest BCUT2D eigenvalue weighted by Gasteiger charge is -2.10. The van der Waals surface area contributed by atoms with Gasteiger partial charge in [-0.25, -0.2) is 9.78 Å². The van der Waals surface area contributed by atoms with Crippen LogP contribution in [0.5, 0.6) is 5.88 Å². The van der Waals surface area contributed by atoms with E-state index >= 15 is 0 Å². The van der Waals surface area contributed by atoms with E-state index in [1.54, 1.807) is 16.9 Å². The van der Waals surface area contributed by atoms with E-state index in [4.69, 9.17) is 10.5 Å². The number of hydrogen-bond donors (Lipinski definition) is 2. The molecule has 4 aromatic rings. The summed E-state index contributed by atoms with van der Waals surface area (Å²) in [6.07, 6.45) is 1.75. The highest BCUT2D eigenvalue weighted by Crippen LogP contribution is 2.32. The van der Waals surface area contributed by atoms with Crippen molar-refractivity contribution in [2.75, 3.05) is 0 Å². The molecule has 0 atom stereocenters. The molecule has 0 unspecified atom stereocenters. The molecule has 2 aromatic carbocycles. The second-order valence-corrected chi connectivity index (χ2v) is 6.23. The minimum atomic E-state index is -0.236. The molecule has 0 fully saturated rings. The standard InChI is InChI=1S/C20H19N5O2/c1-25-20(27-12-13-5-3-2-4-6-13)17(11-22-25)14-7-8-15-16(9-14)18(10-21)23-24-19(15)26/h2-9,11H,10,12,21H2,1H3,(H,24,26).